The minimum Gasteiger partial charge on any atom is -0.357 e. The maximum Gasteiger partial charge on any atom is 0.416 e. The van der Waals surface area contributed by atoms with E-state index in [1.807, 2.05) is 30.3 Å². The lowest BCUT2D eigenvalue weighted by atomic mass is 9.78. The van der Waals surface area contributed by atoms with Crippen molar-refractivity contribution in [1.82, 2.24) is 20.3 Å². The minimum atomic E-state index is -4.44. The summed E-state index contributed by atoms with van der Waals surface area (Å²) in [6.45, 7) is -0.118. The van der Waals surface area contributed by atoms with Crippen molar-refractivity contribution in [1.29, 1.82) is 0 Å². The molecule has 6 nitrogen and oxygen atoms in total. The van der Waals surface area contributed by atoms with Crippen LogP contribution in [0, 0.1) is 11.8 Å². The lowest BCUT2D eigenvalue weighted by Crippen LogP contribution is -2.34. The average Bonchev–Trinajstić information content (AvgIpc) is 2.92. The summed E-state index contributed by atoms with van der Waals surface area (Å²) in [5.41, 5.74) is 0.317. The molecule has 0 unspecified atom stereocenters. The van der Waals surface area contributed by atoms with Gasteiger partial charge in [0.1, 0.15) is 5.82 Å². The summed E-state index contributed by atoms with van der Waals surface area (Å²) in [6.07, 6.45) is 1.61. The van der Waals surface area contributed by atoms with E-state index in [9.17, 15) is 18.0 Å². The van der Waals surface area contributed by atoms with Crippen molar-refractivity contribution in [3.8, 4) is 11.4 Å². The lowest BCUT2D eigenvalue weighted by molar-refractivity contribution is -0.138. The topological polar surface area (TPSA) is 79.8 Å². The van der Waals surface area contributed by atoms with E-state index in [0.717, 1.165) is 56.0 Å². The quantitative estimate of drug-likeness (QED) is 0.366. The van der Waals surface area contributed by atoms with Gasteiger partial charge >= 0.3 is 6.18 Å². The summed E-state index contributed by atoms with van der Waals surface area (Å²) < 4.78 is 39.7. The number of nitrogens with zero attached hydrogens (tertiary/aromatic N) is 3. The molecule has 1 amide bonds. The molecule has 9 heteroatoms. The van der Waals surface area contributed by atoms with Crippen LogP contribution in [0.4, 0.5) is 19.1 Å². The van der Waals surface area contributed by atoms with Crippen molar-refractivity contribution >= 4 is 11.9 Å². The molecule has 0 saturated heterocycles. The SMILES string of the molecule is CNc1nc(CCC[C@@H]2CCC[C@H](C(=O)NCc3ccccc3C(F)(F)F)C2)nc(-c2ccccc2)n1. The molecule has 1 aliphatic rings. The van der Waals surface area contributed by atoms with Crippen LogP contribution in [0.5, 0.6) is 0 Å². The summed E-state index contributed by atoms with van der Waals surface area (Å²) in [5.74, 6) is 1.96. The minimum absolute atomic E-state index is 0.0869. The molecule has 0 bridgehead atoms. The number of carbonyl (C=O) groups excluding carboxylic acids is 1. The highest BCUT2D eigenvalue weighted by molar-refractivity contribution is 5.78. The third-order valence-electron chi connectivity index (χ3n) is 6.88. The molecule has 4 rings (SSSR count). The van der Waals surface area contributed by atoms with E-state index in [0.29, 0.717) is 24.1 Å². The highest BCUT2D eigenvalue weighted by Gasteiger charge is 2.33. The van der Waals surface area contributed by atoms with E-state index in [-0.39, 0.29) is 23.9 Å². The normalized spacial score (nSPS) is 17.8. The molecule has 1 saturated carbocycles. The molecular formula is C28H32F3N5O. The monoisotopic (exact) mass is 511 g/mol. The van der Waals surface area contributed by atoms with Gasteiger partial charge in [-0.2, -0.15) is 23.1 Å². The van der Waals surface area contributed by atoms with Gasteiger partial charge in [0, 0.05) is 31.5 Å². The fraction of sp³-hybridized carbons (Fsp3) is 0.429. The van der Waals surface area contributed by atoms with Crippen molar-refractivity contribution < 1.29 is 18.0 Å². The van der Waals surface area contributed by atoms with Crippen molar-refractivity contribution in [2.45, 2.75) is 57.7 Å². The van der Waals surface area contributed by atoms with Crippen LogP contribution in [0.25, 0.3) is 11.4 Å². The Morgan fingerprint density at radius 2 is 1.76 bits per heavy atom. The Bertz CT molecular complexity index is 1190. The number of amides is 1. The van der Waals surface area contributed by atoms with Gasteiger partial charge in [-0.15, -0.1) is 0 Å². The second-order valence-corrected chi connectivity index (χ2v) is 9.51. The van der Waals surface area contributed by atoms with Crippen LogP contribution in [-0.4, -0.2) is 27.9 Å². The number of nitrogens with one attached hydrogen (secondary N) is 2. The molecule has 1 aliphatic carbocycles. The van der Waals surface area contributed by atoms with Crippen molar-refractivity contribution in [3.63, 3.8) is 0 Å². The number of anilines is 1. The molecule has 37 heavy (non-hydrogen) atoms. The molecule has 0 radical (unpaired) electrons. The van der Waals surface area contributed by atoms with E-state index in [2.05, 4.69) is 25.6 Å². The molecule has 1 heterocycles. The van der Waals surface area contributed by atoms with Gasteiger partial charge in [-0.05, 0) is 43.2 Å². The third-order valence-corrected chi connectivity index (χ3v) is 6.88. The number of aromatic nitrogens is 3. The van der Waals surface area contributed by atoms with Crippen LogP contribution in [-0.2, 0) is 23.9 Å². The lowest BCUT2D eigenvalue weighted by Gasteiger charge is -2.28. The predicted molar refractivity (Wildman–Crippen MR) is 136 cm³/mol. The first-order chi connectivity index (χ1) is 17.8. The standard InChI is InChI=1S/C28H32F3N5O/c1-32-27-35-24(34-25(36-27)20-11-3-2-4-12-20)16-8-10-19-9-7-14-21(17-19)26(37)33-18-22-13-5-6-15-23(22)28(29,30)31/h2-6,11-13,15,19,21H,7-10,14,16-18H2,1H3,(H,33,37)(H,32,34,35,36)/t19-,21-/m0/s1. The predicted octanol–water partition coefficient (Wildman–Crippen LogP) is 6.04. The smallest absolute Gasteiger partial charge is 0.357 e. The number of benzene rings is 2. The second-order valence-electron chi connectivity index (χ2n) is 9.51. The van der Waals surface area contributed by atoms with Crippen LogP contribution in [0.2, 0.25) is 0 Å². The first-order valence-electron chi connectivity index (χ1n) is 12.7. The first kappa shape index (κ1) is 26.6. The Morgan fingerprint density at radius 1 is 1.00 bits per heavy atom. The summed E-state index contributed by atoms with van der Waals surface area (Å²) in [7, 11) is 1.78. The first-order valence-corrected chi connectivity index (χ1v) is 12.7. The maximum atomic E-state index is 13.2. The Labute approximate surface area is 215 Å². The fourth-order valence-corrected chi connectivity index (χ4v) is 4.98. The maximum absolute atomic E-state index is 13.2. The van der Waals surface area contributed by atoms with Crippen molar-refractivity contribution in [2.24, 2.45) is 11.8 Å². The molecule has 1 fully saturated rings. The van der Waals surface area contributed by atoms with Gasteiger partial charge in [-0.25, -0.2) is 4.98 Å². The highest BCUT2D eigenvalue weighted by Crippen LogP contribution is 2.34. The zero-order valence-corrected chi connectivity index (χ0v) is 20.9. The van der Waals surface area contributed by atoms with Gasteiger partial charge in [0.05, 0.1) is 5.56 Å². The number of halogens is 3. The Kier molecular flexibility index (Phi) is 8.74. The molecule has 2 atom stereocenters. The number of rotatable bonds is 9. The van der Waals surface area contributed by atoms with E-state index < -0.39 is 11.7 Å². The van der Waals surface area contributed by atoms with E-state index in [1.54, 1.807) is 13.1 Å². The number of carbonyl (C=O) groups is 1. The van der Waals surface area contributed by atoms with Gasteiger partial charge in [0.15, 0.2) is 5.82 Å². The molecule has 196 valence electrons. The van der Waals surface area contributed by atoms with Gasteiger partial charge in [0.25, 0.3) is 0 Å². The van der Waals surface area contributed by atoms with Crippen LogP contribution < -0.4 is 10.6 Å². The number of aryl methyl sites for hydroxylation is 1. The highest BCUT2D eigenvalue weighted by atomic mass is 19.4. The number of alkyl halides is 3. The Balaban J connectivity index is 1.29. The molecule has 0 aliphatic heterocycles. The van der Waals surface area contributed by atoms with Gasteiger partial charge in [-0.3, -0.25) is 4.79 Å². The van der Waals surface area contributed by atoms with Crippen LogP contribution >= 0.6 is 0 Å². The zero-order valence-electron chi connectivity index (χ0n) is 20.9. The Hall–Kier alpha value is -3.49. The molecule has 3 aromatic rings. The molecule has 2 N–H and O–H groups in total. The molecular weight excluding hydrogens is 479 g/mol. The van der Waals surface area contributed by atoms with Crippen LogP contribution in [0.15, 0.2) is 54.6 Å². The van der Waals surface area contributed by atoms with E-state index in [4.69, 9.17) is 0 Å². The van der Waals surface area contributed by atoms with Gasteiger partial charge in [-0.1, -0.05) is 61.4 Å². The van der Waals surface area contributed by atoms with Crippen molar-refractivity contribution in [2.75, 3.05) is 12.4 Å². The number of hydrogen-bond acceptors (Lipinski definition) is 5. The number of hydrogen-bond donors (Lipinski definition) is 2. The van der Waals surface area contributed by atoms with Gasteiger partial charge in [0.2, 0.25) is 11.9 Å². The van der Waals surface area contributed by atoms with E-state index in [1.165, 1.54) is 12.1 Å². The molecule has 2 aromatic carbocycles. The van der Waals surface area contributed by atoms with Crippen molar-refractivity contribution in [3.05, 3.63) is 71.5 Å². The fourth-order valence-electron chi connectivity index (χ4n) is 4.98. The van der Waals surface area contributed by atoms with Gasteiger partial charge < -0.3 is 10.6 Å². The second kappa shape index (κ2) is 12.2. The summed E-state index contributed by atoms with van der Waals surface area (Å²) in [5, 5.41) is 5.75. The van der Waals surface area contributed by atoms with E-state index >= 15 is 0 Å². The Morgan fingerprint density at radius 3 is 2.51 bits per heavy atom. The van der Waals surface area contributed by atoms with Crippen LogP contribution in [0.1, 0.15) is 55.5 Å². The average molecular weight is 512 g/mol. The summed E-state index contributed by atoms with van der Waals surface area (Å²) >= 11 is 0. The summed E-state index contributed by atoms with van der Waals surface area (Å²) in [6, 6.07) is 15.2. The van der Waals surface area contributed by atoms with Crippen LogP contribution in [0.3, 0.4) is 0 Å². The molecule has 1 aromatic heterocycles. The summed E-state index contributed by atoms with van der Waals surface area (Å²) in [4.78, 5) is 26.4. The largest absolute Gasteiger partial charge is 0.416 e. The molecule has 0 spiro atoms. The third kappa shape index (κ3) is 7.27. The zero-order chi connectivity index (χ0) is 26.3.